The third-order valence-electron chi connectivity index (χ3n) is 5.68. The van der Waals surface area contributed by atoms with Crippen LogP contribution in [-0.2, 0) is 4.74 Å². The van der Waals surface area contributed by atoms with Gasteiger partial charge in [0.05, 0.1) is 5.69 Å². The molecule has 7 nitrogen and oxygen atoms in total. The number of fused-ring (bicyclic) bond motifs is 1. The Balaban J connectivity index is 1.73. The van der Waals surface area contributed by atoms with E-state index in [1.54, 1.807) is 30.5 Å². The molecule has 1 amide bonds. The maximum absolute atomic E-state index is 12.7. The summed E-state index contributed by atoms with van der Waals surface area (Å²) in [5, 5.41) is 28.6. The van der Waals surface area contributed by atoms with Gasteiger partial charge in [0, 0.05) is 41.4 Å². The van der Waals surface area contributed by atoms with Crippen molar-refractivity contribution >= 4 is 16.7 Å². The molecule has 7 heteroatoms. The molecule has 1 atom stereocenters. The number of hydrogen-bond acceptors (Lipinski definition) is 6. The fourth-order valence-electron chi connectivity index (χ4n) is 3.81. The Morgan fingerprint density at radius 1 is 1.06 bits per heavy atom. The van der Waals surface area contributed by atoms with E-state index in [0.717, 1.165) is 17.2 Å². The fourth-order valence-corrected chi connectivity index (χ4v) is 3.81. The highest BCUT2D eigenvalue weighted by Crippen LogP contribution is 2.39. The van der Waals surface area contributed by atoms with Gasteiger partial charge in [0.25, 0.3) is 5.91 Å². The highest BCUT2D eigenvalue weighted by Gasteiger charge is 2.17. The number of rotatable bonds is 9. The minimum Gasteiger partial charge on any atom is -0.507 e. The maximum atomic E-state index is 12.7. The van der Waals surface area contributed by atoms with E-state index in [2.05, 4.69) is 22.2 Å². The van der Waals surface area contributed by atoms with Gasteiger partial charge < -0.3 is 25.6 Å². The molecule has 0 saturated carbocycles. The SMILES string of the molecule is C=C(NCCNC(=O)c1ccc2cnc(-c3cc(O)c(C(C)CC)c(O)c3)cc2c1)OC(C)(C)C. The first-order chi connectivity index (χ1) is 16.5. The molecule has 1 aromatic heterocycles. The van der Waals surface area contributed by atoms with E-state index in [9.17, 15) is 15.0 Å². The van der Waals surface area contributed by atoms with Crippen molar-refractivity contribution in [2.45, 2.75) is 52.6 Å². The van der Waals surface area contributed by atoms with Crippen molar-refractivity contribution < 1.29 is 19.7 Å². The molecule has 0 fully saturated rings. The van der Waals surface area contributed by atoms with E-state index in [-0.39, 0.29) is 28.9 Å². The summed E-state index contributed by atoms with van der Waals surface area (Å²) in [6.45, 7) is 14.5. The van der Waals surface area contributed by atoms with Crippen molar-refractivity contribution in [3.8, 4) is 22.8 Å². The summed E-state index contributed by atoms with van der Waals surface area (Å²) in [6, 6.07) is 10.5. The smallest absolute Gasteiger partial charge is 0.251 e. The molecule has 0 spiro atoms. The first kappa shape index (κ1) is 25.9. The number of phenols is 2. The Bertz CT molecular complexity index is 1210. The number of ether oxygens (including phenoxy) is 1. The molecule has 35 heavy (non-hydrogen) atoms. The van der Waals surface area contributed by atoms with E-state index in [4.69, 9.17) is 4.74 Å². The molecule has 1 heterocycles. The van der Waals surface area contributed by atoms with Crippen LogP contribution in [0.1, 0.15) is 62.9 Å². The molecule has 2 aromatic carbocycles. The third-order valence-corrected chi connectivity index (χ3v) is 5.68. The average Bonchev–Trinajstić information content (AvgIpc) is 2.79. The number of hydrogen-bond donors (Lipinski definition) is 4. The second-order valence-electron chi connectivity index (χ2n) is 9.69. The van der Waals surface area contributed by atoms with Crippen LogP contribution in [-0.4, -0.2) is 39.8 Å². The maximum Gasteiger partial charge on any atom is 0.251 e. The molecule has 3 aromatic rings. The van der Waals surface area contributed by atoms with Gasteiger partial charge >= 0.3 is 0 Å². The first-order valence-corrected chi connectivity index (χ1v) is 11.8. The second kappa shape index (κ2) is 10.7. The van der Waals surface area contributed by atoms with E-state index in [1.165, 1.54) is 0 Å². The van der Waals surface area contributed by atoms with Crippen LogP contribution in [0.2, 0.25) is 0 Å². The van der Waals surface area contributed by atoms with Crippen molar-refractivity contribution in [1.29, 1.82) is 0 Å². The number of pyridine rings is 1. The summed E-state index contributed by atoms with van der Waals surface area (Å²) >= 11 is 0. The topological polar surface area (TPSA) is 104 Å². The zero-order chi connectivity index (χ0) is 25.8. The molecule has 0 saturated heterocycles. The largest absolute Gasteiger partial charge is 0.507 e. The van der Waals surface area contributed by atoms with Crippen LogP contribution < -0.4 is 10.6 Å². The minimum atomic E-state index is -0.334. The Hall–Kier alpha value is -3.74. The lowest BCUT2D eigenvalue weighted by Crippen LogP contribution is -2.33. The van der Waals surface area contributed by atoms with Crippen LogP contribution in [0, 0.1) is 0 Å². The number of carbonyl (C=O) groups excluding carboxylic acids is 1. The Morgan fingerprint density at radius 3 is 2.34 bits per heavy atom. The summed E-state index contributed by atoms with van der Waals surface area (Å²) < 4.78 is 5.61. The van der Waals surface area contributed by atoms with E-state index >= 15 is 0 Å². The third kappa shape index (κ3) is 6.66. The Morgan fingerprint density at radius 2 is 1.71 bits per heavy atom. The molecule has 4 N–H and O–H groups in total. The van der Waals surface area contributed by atoms with Crippen LogP contribution in [0.4, 0.5) is 0 Å². The number of nitrogens with one attached hydrogen (secondary N) is 2. The fraction of sp³-hybridized carbons (Fsp3) is 0.357. The molecule has 186 valence electrons. The van der Waals surface area contributed by atoms with E-state index in [1.807, 2.05) is 46.8 Å². The molecule has 0 radical (unpaired) electrons. The standard InChI is InChI=1S/C28H35N3O4/c1-7-17(2)26-24(32)14-22(15-25(26)33)23-13-21-12-19(8-9-20(21)16-31-23)27(34)30-11-10-29-18(3)35-28(4,5)6/h8-9,12-17,29,32-33H,3,7,10-11H2,1-2,4-6H3,(H,30,34). The predicted octanol–water partition coefficient (Wildman–Crippen LogP) is 5.43. The van der Waals surface area contributed by atoms with Gasteiger partial charge in [-0.3, -0.25) is 9.78 Å². The Labute approximate surface area is 206 Å². The van der Waals surface area contributed by atoms with E-state index < -0.39 is 0 Å². The highest BCUT2D eigenvalue weighted by atomic mass is 16.5. The van der Waals surface area contributed by atoms with Crippen LogP contribution in [0.5, 0.6) is 11.5 Å². The predicted molar refractivity (Wildman–Crippen MR) is 140 cm³/mol. The van der Waals surface area contributed by atoms with Crippen LogP contribution in [0.3, 0.4) is 0 Å². The van der Waals surface area contributed by atoms with Crippen LogP contribution >= 0.6 is 0 Å². The average molecular weight is 478 g/mol. The summed E-state index contributed by atoms with van der Waals surface area (Å²) in [6.07, 6.45) is 2.52. The van der Waals surface area contributed by atoms with Crippen molar-refractivity contribution in [3.63, 3.8) is 0 Å². The summed E-state index contributed by atoms with van der Waals surface area (Å²) in [5.74, 6) is 0.408. The number of aromatic nitrogens is 1. The van der Waals surface area contributed by atoms with Gasteiger partial charge in [-0.1, -0.05) is 19.9 Å². The second-order valence-corrected chi connectivity index (χ2v) is 9.69. The number of phenolic OH excluding ortho intramolecular Hbond substituents is 2. The van der Waals surface area contributed by atoms with Crippen molar-refractivity contribution in [1.82, 2.24) is 15.6 Å². The lowest BCUT2D eigenvalue weighted by Gasteiger charge is -2.23. The molecule has 0 bridgehead atoms. The molecular formula is C28H35N3O4. The zero-order valence-corrected chi connectivity index (χ0v) is 21.1. The molecule has 3 rings (SSSR count). The minimum absolute atomic E-state index is 0.0361. The van der Waals surface area contributed by atoms with Gasteiger partial charge in [-0.15, -0.1) is 0 Å². The van der Waals surface area contributed by atoms with Crippen molar-refractivity contribution in [3.05, 3.63) is 66.2 Å². The number of aromatic hydroxyl groups is 2. The van der Waals surface area contributed by atoms with E-state index in [0.29, 0.717) is 41.4 Å². The quantitative estimate of drug-likeness (QED) is 0.242. The van der Waals surface area contributed by atoms with Crippen LogP contribution in [0.25, 0.3) is 22.0 Å². The molecule has 0 aliphatic rings. The number of carbonyl (C=O) groups is 1. The molecule has 0 aliphatic heterocycles. The lowest BCUT2D eigenvalue weighted by atomic mass is 9.94. The summed E-state index contributed by atoms with van der Waals surface area (Å²) in [7, 11) is 0. The number of amides is 1. The van der Waals surface area contributed by atoms with Gasteiger partial charge in [0.1, 0.15) is 17.1 Å². The number of nitrogens with zero attached hydrogens (tertiary/aromatic N) is 1. The molecule has 0 aliphatic carbocycles. The normalized spacial score (nSPS) is 12.3. The van der Waals surface area contributed by atoms with Gasteiger partial charge in [-0.25, -0.2) is 0 Å². The van der Waals surface area contributed by atoms with Crippen LogP contribution in [0.15, 0.2) is 55.1 Å². The zero-order valence-electron chi connectivity index (χ0n) is 21.1. The molecular weight excluding hydrogens is 442 g/mol. The lowest BCUT2D eigenvalue weighted by molar-refractivity contribution is 0.0416. The number of benzene rings is 2. The van der Waals surface area contributed by atoms with Gasteiger partial charge in [-0.05, 0) is 75.4 Å². The van der Waals surface area contributed by atoms with Crippen molar-refractivity contribution in [2.75, 3.05) is 13.1 Å². The van der Waals surface area contributed by atoms with Gasteiger partial charge in [0.2, 0.25) is 0 Å². The Kier molecular flexibility index (Phi) is 7.89. The highest BCUT2D eigenvalue weighted by molar-refractivity contribution is 5.99. The van der Waals surface area contributed by atoms with Crippen molar-refractivity contribution in [2.24, 2.45) is 0 Å². The molecule has 1 unspecified atom stereocenters. The van der Waals surface area contributed by atoms with Gasteiger partial charge in [-0.2, -0.15) is 0 Å². The summed E-state index contributed by atoms with van der Waals surface area (Å²) in [5.41, 5.74) is 1.93. The van der Waals surface area contributed by atoms with Gasteiger partial charge in [0.15, 0.2) is 5.88 Å². The first-order valence-electron chi connectivity index (χ1n) is 11.8. The summed E-state index contributed by atoms with van der Waals surface area (Å²) in [4.78, 5) is 17.1. The monoisotopic (exact) mass is 477 g/mol.